The van der Waals surface area contributed by atoms with E-state index in [1.807, 2.05) is 55.5 Å². The van der Waals surface area contributed by atoms with Gasteiger partial charge >= 0.3 is 0 Å². The van der Waals surface area contributed by atoms with Crippen molar-refractivity contribution in [2.75, 3.05) is 6.61 Å². The molecular formula is C30H44ClN3O3. The number of para-hydroxylation sites is 1. The number of rotatable bonds is 19. The zero-order valence-electron chi connectivity index (χ0n) is 22.5. The van der Waals surface area contributed by atoms with Crippen molar-refractivity contribution in [3.05, 3.63) is 48.5 Å². The van der Waals surface area contributed by atoms with Gasteiger partial charge in [-0.05, 0) is 43.5 Å². The number of aliphatic hydroxyl groups is 1. The zero-order chi connectivity index (χ0) is 26.3. The van der Waals surface area contributed by atoms with Gasteiger partial charge in [0.15, 0.2) is 5.52 Å². The highest BCUT2D eigenvalue weighted by atomic mass is 35.5. The molecule has 0 aliphatic heterocycles. The fourth-order valence-electron chi connectivity index (χ4n) is 4.39. The number of ether oxygens (including phenoxy) is 2. The van der Waals surface area contributed by atoms with E-state index in [1.54, 1.807) is 0 Å². The number of unbranched alkanes of at least 4 members (excludes halogenated alkanes) is 9. The van der Waals surface area contributed by atoms with Crippen LogP contribution in [0.4, 0.5) is 0 Å². The molecule has 204 valence electrons. The van der Waals surface area contributed by atoms with Gasteiger partial charge in [-0.15, -0.1) is 26.6 Å². The highest BCUT2D eigenvalue weighted by molar-refractivity contribution is 6.20. The van der Waals surface area contributed by atoms with Crippen molar-refractivity contribution >= 4 is 22.6 Å². The van der Waals surface area contributed by atoms with Crippen molar-refractivity contribution in [1.29, 1.82) is 0 Å². The maximum absolute atomic E-state index is 11.0. The first-order chi connectivity index (χ1) is 18.1. The van der Waals surface area contributed by atoms with Crippen LogP contribution >= 0.6 is 11.6 Å². The molecule has 3 atom stereocenters. The average Bonchev–Trinajstić information content (AvgIpc) is 3.35. The van der Waals surface area contributed by atoms with E-state index in [0.29, 0.717) is 35.6 Å². The summed E-state index contributed by atoms with van der Waals surface area (Å²) in [7, 11) is 0. The Hall–Kier alpha value is -2.31. The number of aliphatic hydroxyl groups excluding tert-OH is 1. The van der Waals surface area contributed by atoms with Crippen molar-refractivity contribution in [1.82, 2.24) is 15.0 Å². The Morgan fingerprint density at radius 3 is 2.19 bits per heavy atom. The second kappa shape index (κ2) is 16.5. The Labute approximate surface area is 227 Å². The summed E-state index contributed by atoms with van der Waals surface area (Å²) in [6.07, 6.45) is 12.3. The molecular weight excluding hydrogens is 486 g/mol. The van der Waals surface area contributed by atoms with Crippen LogP contribution in [0.2, 0.25) is 0 Å². The minimum atomic E-state index is -0.875. The Morgan fingerprint density at radius 2 is 1.51 bits per heavy atom. The molecule has 0 amide bonds. The molecule has 0 saturated carbocycles. The maximum atomic E-state index is 11.0. The fraction of sp³-hybridized carbons (Fsp3) is 0.600. The van der Waals surface area contributed by atoms with Crippen LogP contribution in [-0.4, -0.2) is 38.2 Å². The summed E-state index contributed by atoms with van der Waals surface area (Å²) in [6, 6.07) is 15.1. The van der Waals surface area contributed by atoms with Gasteiger partial charge in [-0.3, -0.25) is 0 Å². The first-order valence-corrected chi connectivity index (χ1v) is 14.6. The monoisotopic (exact) mass is 529 g/mol. The summed E-state index contributed by atoms with van der Waals surface area (Å²) in [5.41, 5.74) is 1.37. The van der Waals surface area contributed by atoms with Gasteiger partial charge in [-0.2, -0.15) is 0 Å². The largest absolute Gasteiger partial charge is 0.491 e. The number of hydrogen-bond acceptors (Lipinski definition) is 5. The van der Waals surface area contributed by atoms with Gasteiger partial charge < -0.3 is 14.6 Å². The van der Waals surface area contributed by atoms with E-state index in [0.717, 1.165) is 12.8 Å². The fourth-order valence-corrected chi connectivity index (χ4v) is 4.57. The van der Waals surface area contributed by atoms with Crippen molar-refractivity contribution in [2.45, 2.75) is 109 Å². The normalized spacial score (nSPS) is 13.9. The predicted octanol–water partition coefficient (Wildman–Crippen LogP) is 8.08. The molecule has 3 unspecified atom stereocenters. The van der Waals surface area contributed by atoms with Crippen LogP contribution in [0, 0.1) is 0 Å². The lowest BCUT2D eigenvalue weighted by molar-refractivity contribution is -0.0296. The van der Waals surface area contributed by atoms with Crippen LogP contribution < -0.4 is 9.47 Å². The van der Waals surface area contributed by atoms with E-state index in [9.17, 15) is 5.11 Å². The lowest BCUT2D eigenvalue weighted by atomic mass is 10.1. The van der Waals surface area contributed by atoms with E-state index >= 15 is 0 Å². The van der Waals surface area contributed by atoms with Gasteiger partial charge in [-0.25, -0.2) is 0 Å². The number of nitrogens with zero attached hydrogens (tertiary/aromatic N) is 3. The van der Waals surface area contributed by atoms with Crippen LogP contribution in [-0.2, 0) is 0 Å². The summed E-state index contributed by atoms with van der Waals surface area (Å²) in [5.74, 6) is 1.34. The molecule has 0 aliphatic carbocycles. The SMILES string of the molecule is CCCCCCCCCCCCOc1cccc2nn(C(Oc3ccccc3)C(O)CC(Cl)CC)nc12. The molecule has 0 aliphatic rings. The summed E-state index contributed by atoms with van der Waals surface area (Å²) < 4.78 is 12.2. The maximum Gasteiger partial charge on any atom is 0.234 e. The number of fused-ring (bicyclic) bond motifs is 1. The van der Waals surface area contributed by atoms with Gasteiger partial charge in [0.05, 0.1) is 6.61 Å². The van der Waals surface area contributed by atoms with Crippen molar-refractivity contribution in [3.8, 4) is 11.5 Å². The molecule has 7 heteroatoms. The van der Waals surface area contributed by atoms with Gasteiger partial charge in [0.2, 0.25) is 6.23 Å². The number of halogens is 1. The van der Waals surface area contributed by atoms with Crippen molar-refractivity contribution < 1.29 is 14.6 Å². The highest BCUT2D eigenvalue weighted by Gasteiger charge is 2.28. The van der Waals surface area contributed by atoms with Gasteiger partial charge in [-0.1, -0.05) is 95.9 Å². The van der Waals surface area contributed by atoms with Gasteiger partial charge in [0, 0.05) is 5.38 Å². The first-order valence-electron chi connectivity index (χ1n) is 14.1. The van der Waals surface area contributed by atoms with E-state index < -0.39 is 12.3 Å². The van der Waals surface area contributed by atoms with Gasteiger partial charge in [0.1, 0.15) is 23.1 Å². The first kappa shape index (κ1) is 29.2. The van der Waals surface area contributed by atoms with Crippen LogP contribution in [0.3, 0.4) is 0 Å². The van der Waals surface area contributed by atoms with Crippen LogP contribution in [0.5, 0.6) is 11.5 Å². The highest BCUT2D eigenvalue weighted by Crippen LogP contribution is 2.27. The topological polar surface area (TPSA) is 69.4 Å². The second-order valence-electron chi connectivity index (χ2n) is 9.80. The Balaban J connectivity index is 1.57. The van der Waals surface area contributed by atoms with Crippen molar-refractivity contribution in [3.63, 3.8) is 0 Å². The molecule has 3 aromatic rings. The molecule has 0 bridgehead atoms. The molecule has 3 rings (SSSR count). The molecule has 0 spiro atoms. The zero-order valence-corrected chi connectivity index (χ0v) is 23.3. The molecule has 1 N–H and O–H groups in total. The van der Waals surface area contributed by atoms with Crippen LogP contribution in [0.15, 0.2) is 48.5 Å². The summed E-state index contributed by atoms with van der Waals surface area (Å²) in [4.78, 5) is 1.45. The summed E-state index contributed by atoms with van der Waals surface area (Å²) in [5, 5.41) is 20.1. The quantitative estimate of drug-likeness (QED) is 0.125. The standard InChI is InChI=1S/C30H44ClN3O3/c1-3-5-6-7-8-9-10-11-12-16-22-36-28-21-17-20-26-29(28)33-34(32-26)30(27(35)23-24(31)4-2)37-25-18-14-13-15-19-25/h13-15,17-21,24,27,30,35H,3-12,16,22-23H2,1-2H3. The van der Waals surface area contributed by atoms with Gasteiger partial charge in [0.25, 0.3) is 0 Å². The minimum Gasteiger partial charge on any atom is -0.491 e. The summed E-state index contributed by atoms with van der Waals surface area (Å²) >= 11 is 6.35. The molecule has 1 aromatic heterocycles. The molecule has 0 fully saturated rings. The van der Waals surface area contributed by atoms with E-state index in [-0.39, 0.29) is 5.38 Å². The van der Waals surface area contributed by atoms with Crippen LogP contribution in [0.1, 0.15) is 97.1 Å². The third-order valence-electron chi connectivity index (χ3n) is 6.64. The molecule has 37 heavy (non-hydrogen) atoms. The Bertz CT molecular complexity index is 1010. The number of benzene rings is 2. The predicted molar refractivity (Wildman–Crippen MR) is 152 cm³/mol. The molecule has 1 heterocycles. The van der Waals surface area contributed by atoms with E-state index in [2.05, 4.69) is 17.1 Å². The Kier molecular flexibility index (Phi) is 13.1. The smallest absolute Gasteiger partial charge is 0.234 e. The minimum absolute atomic E-state index is 0.165. The molecule has 0 saturated heterocycles. The van der Waals surface area contributed by atoms with E-state index in [1.165, 1.54) is 62.6 Å². The Morgan fingerprint density at radius 1 is 0.838 bits per heavy atom. The third-order valence-corrected chi connectivity index (χ3v) is 7.13. The number of aromatic nitrogens is 3. The summed E-state index contributed by atoms with van der Waals surface area (Å²) in [6.45, 7) is 4.91. The lowest BCUT2D eigenvalue weighted by Gasteiger charge is -2.24. The van der Waals surface area contributed by atoms with Crippen LogP contribution in [0.25, 0.3) is 11.0 Å². The average molecular weight is 530 g/mol. The van der Waals surface area contributed by atoms with E-state index in [4.69, 9.17) is 21.1 Å². The number of hydrogen-bond donors (Lipinski definition) is 1. The molecule has 2 aromatic carbocycles. The number of alkyl halides is 1. The lowest BCUT2D eigenvalue weighted by Crippen LogP contribution is -2.32. The van der Waals surface area contributed by atoms with Crippen molar-refractivity contribution in [2.24, 2.45) is 0 Å². The third kappa shape index (κ3) is 9.82. The second-order valence-corrected chi connectivity index (χ2v) is 10.4. The molecule has 0 radical (unpaired) electrons. The molecule has 6 nitrogen and oxygen atoms in total.